The predicted octanol–water partition coefficient (Wildman–Crippen LogP) is -1.62. The lowest BCUT2D eigenvalue weighted by atomic mass is 10.8. The molecule has 1 rings (SSSR count). The van der Waals surface area contributed by atoms with Gasteiger partial charge in [0, 0.05) is 0 Å². The average molecular weight is 253 g/mol. The van der Waals surface area contributed by atoms with Crippen LogP contribution < -0.4 is 16.0 Å². The highest BCUT2D eigenvalue weighted by Gasteiger charge is 2.04. The Hall–Kier alpha value is -1.42. The van der Waals surface area contributed by atoms with Crippen molar-refractivity contribution in [1.29, 1.82) is 0 Å². The number of nitrogens with zero attached hydrogens (tertiary/aromatic N) is 3. The lowest BCUT2D eigenvalue weighted by molar-refractivity contribution is 0.322. The monoisotopic (exact) mass is 252 g/mol. The standard InChI is InChI=1S/C6H12N6O3.ClH/c13-1-7-4-10-5(8-2-14)12-6(11-4)9-3-15;/h13-15H,1-3H2,(H3,7,8,9,10,11,12);1H. The SMILES string of the molecule is Cl.OCNc1nc(NCO)nc(NCO)n1. The molecule has 1 heterocycles. The molecular weight excluding hydrogens is 240 g/mol. The van der Waals surface area contributed by atoms with E-state index in [2.05, 4.69) is 30.9 Å². The molecule has 0 spiro atoms. The van der Waals surface area contributed by atoms with Crippen molar-refractivity contribution < 1.29 is 15.3 Å². The zero-order valence-electron chi connectivity index (χ0n) is 8.21. The summed E-state index contributed by atoms with van der Waals surface area (Å²) in [6.45, 7) is -0.997. The first-order chi connectivity index (χ1) is 7.30. The van der Waals surface area contributed by atoms with E-state index in [4.69, 9.17) is 15.3 Å². The number of aliphatic hydroxyl groups excluding tert-OH is 3. The van der Waals surface area contributed by atoms with E-state index in [1.54, 1.807) is 0 Å². The maximum atomic E-state index is 8.61. The number of rotatable bonds is 6. The fraction of sp³-hybridized carbons (Fsp3) is 0.500. The van der Waals surface area contributed by atoms with Crippen molar-refractivity contribution in [2.75, 3.05) is 36.1 Å². The highest BCUT2D eigenvalue weighted by molar-refractivity contribution is 5.85. The number of halogens is 1. The van der Waals surface area contributed by atoms with E-state index in [1.165, 1.54) is 0 Å². The Morgan fingerprint density at radius 3 is 1.12 bits per heavy atom. The van der Waals surface area contributed by atoms with Crippen LogP contribution in [0.4, 0.5) is 17.8 Å². The third-order valence-electron chi connectivity index (χ3n) is 1.35. The highest BCUT2D eigenvalue weighted by atomic mass is 35.5. The summed E-state index contributed by atoms with van der Waals surface area (Å²) in [5, 5.41) is 33.2. The van der Waals surface area contributed by atoms with Gasteiger partial charge in [0.25, 0.3) is 0 Å². The highest BCUT2D eigenvalue weighted by Crippen LogP contribution is 2.07. The van der Waals surface area contributed by atoms with Crippen molar-refractivity contribution in [2.24, 2.45) is 0 Å². The van der Waals surface area contributed by atoms with Crippen LogP contribution >= 0.6 is 12.4 Å². The van der Waals surface area contributed by atoms with Crippen LogP contribution in [0.1, 0.15) is 0 Å². The smallest absolute Gasteiger partial charge is 0.231 e. The molecule has 10 heteroatoms. The van der Waals surface area contributed by atoms with Gasteiger partial charge in [0.2, 0.25) is 17.8 Å². The quantitative estimate of drug-likeness (QED) is 0.330. The van der Waals surface area contributed by atoms with Gasteiger partial charge in [-0.3, -0.25) is 0 Å². The molecule has 0 aromatic carbocycles. The minimum absolute atomic E-state index is 0. The van der Waals surface area contributed by atoms with Gasteiger partial charge < -0.3 is 31.3 Å². The number of nitrogens with one attached hydrogen (secondary N) is 3. The molecule has 0 aliphatic rings. The van der Waals surface area contributed by atoms with E-state index in [-0.39, 0.29) is 50.4 Å². The van der Waals surface area contributed by atoms with Crippen LogP contribution in [0.25, 0.3) is 0 Å². The van der Waals surface area contributed by atoms with E-state index < -0.39 is 0 Å². The summed E-state index contributed by atoms with van der Waals surface area (Å²) in [4.78, 5) is 11.4. The molecule has 0 saturated carbocycles. The molecule has 0 saturated heterocycles. The van der Waals surface area contributed by atoms with Crippen LogP contribution in [0.5, 0.6) is 0 Å². The van der Waals surface area contributed by atoms with E-state index >= 15 is 0 Å². The van der Waals surface area contributed by atoms with Gasteiger partial charge in [-0.1, -0.05) is 0 Å². The third-order valence-corrected chi connectivity index (χ3v) is 1.35. The molecule has 16 heavy (non-hydrogen) atoms. The molecule has 0 aliphatic heterocycles. The summed E-state index contributed by atoms with van der Waals surface area (Å²) < 4.78 is 0. The van der Waals surface area contributed by atoms with Crippen molar-refractivity contribution in [1.82, 2.24) is 15.0 Å². The van der Waals surface area contributed by atoms with Gasteiger partial charge in [-0.15, -0.1) is 12.4 Å². The zero-order valence-corrected chi connectivity index (χ0v) is 9.03. The molecule has 0 aliphatic carbocycles. The average Bonchev–Trinajstić information content (AvgIpc) is 2.19. The van der Waals surface area contributed by atoms with Crippen molar-refractivity contribution in [3.8, 4) is 0 Å². The number of aromatic nitrogens is 3. The third kappa shape index (κ3) is 4.40. The van der Waals surface area contributed by atoms with Crippen LogP contribution in [0.3, 0.4) is 0 Å². The van der Waals surface area contributed by atoms with Crippen molar-refractivity contribution in [3.05, 3.63) is 0 Å². The van der Waals surface area contributed by atoms with Gasteiger partial charge in [0.1, 0.15) is 20.2 Å². The molecule has 6 N–H and O–H groups in total. The first-order valence-corrected chi connectivity index (χ1v) is 4.10. The Bertz CT molecular complexity index is 254. The normalized spacial score (nSPS) is 9.19. The summed E-state index contributed by atoms with van der Waals surface area (Å²) in [7, 11) is 0. The van der Waals surface area contributed by atoms with Crippen LogP contribution in [0, 0.1) is 0 Å². The summed E-state index contributed by atoms with van der Waals surface area (Å²) in [6.07, 6.45) is 0. The van der Waals surface area contributed by atoms with Gasteiger partial charge in [-0.2, -0.15) is 15.0 Å². The Balaban J connectivity index is 0.00000225. The van der Waals surface area contributed by atoms with Crippen LogP contribution in [0.2, 0.25) is 0 Å². The van der Waals surface area contributed by atoms with Crippen molar-refractivity contribution in [3.63, 3.8) is 0 Å². The molecule has 9 nitrogen and oxygen atoms in total. The Morgan fingerprint density at radius 1 is 0.688 bits per heavy atom. The molecule has 0 fully saturated rings. The van der Waals surface area contributed by atoms with Gasteiger partial charge in [-0.25, -0.2) is 0 Å². The second-order valence-electron chi connectivity index (χ2n) is 2.31. The van der Waals surface area contributed by atoms with E-state index in [0.717, 1.165) is 0 Å². The second-order valence-corrected chi connectivity index (χ2v) is 2.31. The van der Waals surface area contributed by atoms with Crippen molar-refractivity contribution >= 4 is 30.3 Å². The molecule has 0 unspecified atom stereocenters. The zero-order chi connectivity index (χ0) is 11.1. The Labute approximate surface area is 97.4 Å². The van der Waals surface area contributed by atoms with Crippen molar-refractivity contribution in [2.45, 2.75) is 0 Å². The Morgan fingerprint density at radius 2 is 0.938 bits per heavy atom. The molecule has 0 atom stereocenters. The second kappa shape index (κ2) is 7.82. The maximum absolute atomic E-state index is 8.61. The summed E-state index contributed by atoms with van der Waals surface area (Å²) in [5.41, 5.74) is 0. The minimum Gasteiger partial charge on any atom is -0.376 e. The number of hydrogen-bond acceptors (Lipinski definition) is 9. The van der Waals surface area contributed by atoms with Gasteiger partial charge in [-0.05, 0) is 0 Å². The molecule has 0 amide bonds. The molecule has 0 radical (unpaired) electrons. The van der Waals surface area contributed by atoms with Crippen LogP contribution in [0.15, 0.2) is 0 Å². The van der Waals surface area contributed by atoms with Gasteiger partial charge in [0.05, 0.1) is 0 Å². The summed E-state index contributed by atoms with van der Waals surface area (Å²) in [6, 6.07) is 0. The first kappa shape index (κ1) is 14.6. The fourth-order valence-corrected chi connectivity index (χ4v) is 0.825. The van der Waals surface area contributed by atoms with Gasteiger partial charge >= 0.3 is 0 Å². The summed E-state index contributed by atoms with van der Waals surface area (Å²) >= 11 is 0. The number of aliphatic hydroxyl groups is 3. The minimum atomic E-state index is -0.332. The van der Waals surface area contributed by atoms with E-state index in [1.807, 2.05) is 0 Å². The topological polar surface area (TPSA) is 135 Å². The van der Waals surface area contributed by atoms with Gasteiger partial charge in [0.15, 0.2) is 0 Å². The van der Waals surface area contributed by atoms with E-state index in [0.29, 0.717) is 0 Å². The maximum Gasteiger partial charge on any atom is 0.231 e. The van der Waals surface area contributed by atoms with Crippen LogP contribution in [-0.2, 0) is 0 Å². The lowest BCUT2D eigenvalue weighted by Crippen LogP contribution is -2.13. The van der Waals surface area contributed by atoms with Crippen LogP contribution in [-0.4, -0.2) is 50.5 Å². The first-order valence-electron chi connectivity index (χ1n) is 4.10. The number of anilines is 3. The predicted molar refractivity (Wildman–Crippen MR) is 59.2 cm³/mol. The molecule has 0 bridgehead atoms. The number of hydrogen-bond donors (Lipinski definition) is 6. The summed E-state index contributed by atoms with van der Waals surface area (Å²) in [5.74, 6) is 0.373. The lowest BCUT2D eigenvalue weighted by Gasteiger charge is -2.07. The molecular formula is C6H13ClN6O3. The molecule has 1 aromatic rings. The largest absolute Gasteiger partial charge is 0.376 e. The molecule has 1 aromatic heterocycles. The Kier molecular flexibility index (Phi) is 7.12. The van der Waals surface area contributed by atoms with E-state index in [9.17, 15) is 0 Å². The fourth-order valence-electron chi connectivity index (χ4n) is 0.825. The molecule has 92 valence electrons.